The largest absolute Gasteiger partial charge is 1.00 e. The number of hydrogen-bond acceptors (Lipinski definition) is 4. The number of nitrogens with one attached hydrogen (secondary N) is 4. The van der Waals surface area contributed by atoms with Crippen LogP contribution in [0.2, 0.25) is 0 Å². The van der Waals surface area contributed by atoms with Crippen molar-refractivity contribution in [3.63, 3.8) is 0 Å². The Hall–Kier alpha value is -0.520. The molecule has 0 aromatic rings. The molecule has 4 N–H and O–H groups in total. The van der Waals surface area contributed by atoms with E-state index in [0.29, 0.717) is 25.7 Å². The van der Waals surface area contributed by atoms with E-state index in [1.807, 2.05) is 27.7 Å². The van der Waals surface area contributed by atoms with Gasteiger partial charge in [0.05, 0.1) is 0 Å². The van der Waals surface area contributed by atoms with Gasteiger partial charge in [0, 0.05) is 0 Å². The van der Waals surface area contributed by atoms with E-state index < -0.39 is 47.0 Å². The Morgan fingerprint density at radius 2 is 0.679 bits per heavy atom. The van der Waals surface area contributed by atoms with Crippen LogP contribution in [0.1, 0.15) is 79.1 Å². The maximum atomic E-state index is 11.0. The predicted octanol–water partition coefficient (Wildman–Crippen LogP) is -4.53. The van der Waals surface area contributed by atoms with Crippen LogP contribution in [0.3, 0.4) is 0 Å². The van der Waals surface area contributed by atoms with Crippen molar-refractivity contribution in [3.8, 4) is 0 Å². The molecule has 0 aromatic carbocycles. The van der Waals surface area contributed by atoms with Gasteiger partial charge in [0.1, 0.15) is 0 Å². The molecule has 0 aliphatic carbocycles. The van der Waals surface area contributed by atoms with Gasteiger partial charge in [0.25, 0.3) is 0 Å². The Kier molecular flexibility index (Phi) is 33.1. The Balaban J connectivity index is -0.000000192. The van der Waals surface area contributed by atoms with E-state index in [9.17, 15) is 19.2 Å². The summed E-state index contributed by atoms with van der Waals surface area (Å²) in [6.45, 7) is 7.85. The van der Waals surface area contributed by atoms with E-state index >= 15 is 0 Å². The standard InChI is InChI=1S/4C4H9NO.2FH.2Hf/c4*1-2-3-4(5)6;;;;/h4*2-3H2,1H3,(H2,5,6);2*1H;;/q;;;;;;2*+3/p-6. The van der Waals surface area contributed by atoms with Gasteiger partial charge in [0.2, 0.25) is 0 Å². The van der Waals surface area contributed by atoms with Crippen LogP contribution in [0.15, 0.2) is 0 Å². The van der Waals surface area contributed by atoms with Gasteiger partial charge in [-0.25, -0.2) is 0 Å². The molecule has 0 unspecified atom stereocenters. The van der Waals surface area contributed by atoms with Crippen molar-refractivity contribution in [1.82, 2.24) is 13.2 Å². The fourth-order valence-electron chi connectivity index (χ4n) is 1.50. The van der Waals surface area contributed by atoms with Crippen molar-refractivity contribution in [1.29, 1.82) is 0 Å². The number of rotatable bonds is 12. The Morgan fingerprint density at radius 3 is 0.821 bits per heavy atom. The van der Waals surface area contributed by atoms with Crippen LogP contribution in [-0.2, 0) is 66.1 Å². The van der Waals surface area contributed by atoms with Crippen LogP contribution in [0, 0.1) is 0 Å². The van der Waals surface area contributed by atoms with Crippen LogP contribution >= 0.6 is 0 Å². The molecule has 28 heavy (non-hydrogen) atoms. The molecule has 12 heteroatoms. The van der Waals surface area contributed by atoms with Crippen molar-refractivity contribution in [3.05, 3.63) is 0 Å². The summed E-state index contributed by atoms with van der Waals surface area (Å²) in [5, 5.41) is 0. The fourth-order valence-corrected chi connectivity index (χ4v) is 5.75. The fraction of sp³-hybridized carbons (Fsp3) is 0.750. The Labute approximate surface area is 190 Å². The first-order valence-corrected chi connectivity index (χ1v) is 16.2. The van der Waals surface area contributed by atoms with E-state index in [0.717, 1.165) is 25.7 Å². The molecule has 0 radical (unpaired) electrons. The summed E-state index contributed by atoms with van der Waals surface area (Å²) in [5.74, 6) is 0.288. The maximum absolute atomic E-state index is 11.0. The van der Waals surface area contributed by atoms with Gasteiger partial charge in [-0.1, -0.05) is 0 Å². The predicted molar refractivity (Wildman–Crippen MR) is 92.2 cm³/mol. The molecule has 0 saturated heterocycles. The van der Waals surface area contributed by atoms with E-state index in [-0.39, 0.29) is 33.0 Å². The minimum absolute atomic E-state index is 0. The summed E-state index contributed by atoms with van der Waals surface area (Å²) in [6.07, 6.45) is 5.70. The molecule has 0 rings (SSSR count). The van der Waals surface area contributed by atoms with Gasteiger partial charge < -0.3 is 9.41 Å². The summed E-state index contributed by atoms with van der Waals surface area (Å²) in [7, 11) is 0. The average molecular weight is 739 g/mol. The second kappa shape index (κ2) is 26.5. The zero-order chi connectivity index (χ0) is 20.2. The number of amides is 4. The van der Waals surface area contributed by atoms with Gasteiger partial charge in [-0.2, -0.15) is 0 Å². The molecular weight excluding hydrogens is 707 g/mol. The van der Waals surface area contributed by atoms with Crippen molar-refractivity contribution < 1.29 is 75.6 Å². The van der Waals surface area contributed by atoms with E-state index in [2.05, 4.69) is 13.2 Å². The third kappa shape index (κ3) is 27.7. The van der Waals surface area contributed by atoms with Crippen LogP contribution in [0.5, 0.6) is 0 Å². The Morgan fingerprint density at radius 1 is 0.500 bits per heavy atom. The number of carbonyl (C=O) groups excluding carboxylic acids is 4. The molecule has 0 fully saturated rings. The summed E-state index contributed by atoms with van der Waals surface area (Å²) < 4.78 is 11.2. The SMILES string of the molecule is CCCC(=O)[NH][Hf+][NH]C(=O)CCC.CCCC(=O)[NH][Hf+][NH]C(=O)CCC.[F-].[F-]. The van der Waals surface area contributed by atoms with Crippen molar-refractivity contribution in [2.24, 2.45) is 0 Å². The molecule has 0 aromatic heterocycles. The molecule has 0 bridgehead atoms. The topological polar surface area (TPSA) is 116 Å². The molecule has 4 amide bonds. The monoisotopic (exact) mass is 742 g/mol. The number of halogens is 2. The molecule has 0 aliphatic heterocycles. The minimum Gasteiger partial charge on any atom is -1.00 e. The average Bonchev–Trinajstić information content (AvgIpc) is 2.56. The Bertz CT molecular complexity index is 359. The molecule has 0 atom stereocenters. The first-order valence-electron chi connectivity index (χ1n) is 9.06. The zero-order valence-electron chi connectivity index (χ0n) is 17.0. The van der Waals surface area contributed by atoms with Crippen LogP contribution < -0.4 is 22.6 Å². The van der Waals surface area contributed by atoms with E-state index in [1.165, 1.54) is 0 Å². The molecule has 0 saturated carbocycles. The zero-order valence-corrected chi connectivity index (χ0v) is 24.2. The number of carbonyl (C=O) groups is 4. The summed E-state index contributed by atoms with van der Waals surface area (Å²) in [6, 6.07) is 0. The second-order valence-corrected chi connectivity index (χ2v) is 10.8. The quantitative estimate of drug-likeness (QED) is 0.151. The van der Waals surface area contributed by atoms with E-state index in [1.54, 1.807) is 0 Å². The van der Waals surface area contributed by atoms with Gasteiger partial charge in [-0.15, -0.1) is 0 Å². The first kappa shape index (κ1) is 35.0. The summed E-state index contributed by atoms with van der Waals surface area (Å²) in [4.78, 5) is 43.9. The third-order valence-corrected chi connectivity index (χ3v) is 8.52. The summed E-state index contributed by atoms with van der Waals surface area (Å²) >= 11 is -2.78. The first-order chi connectivity index (χ1) is 12.4. The third-order valence-electron chi connectivity index (χ3n) is 2.72. The van der Waals surface area contributed by atoms with Crippen molar-refractivity contribution in [2.45, 2.75) is 79.1 Å². The van der Waals surface area contributed by atoms with Crippen LogP contribution in [0.25, 0.3) is 0 Å². The maximum Gasteiger partial charge on any atom is -1.00 e. The van der Waals surface area contributed by atoms with E-state index in [4.69, 9.17) is 0 Å². The molecule has 0 spiro atoms. The van der Waals surface area contributed by atoms with Gasteiger partial charge >= 0.3 is 182 Å². The normalized spacial score (nSPS) is 8.14. The summed E-state index contributed by atoms with van der Waals surface area (Å²) in [5.41, 5.74) is 0. The van der Waals surface area contributed by atoms with Crippen molar-refractivity contribution >= 4 is 23.6 Å². The van der Waals surface area contributed by atoms with Gasteiger partial charge in [-0.05, 0) is 0 Å². The molecule has 162 valence electrons. The van der Waals surface area contributed by atoms with Gasteiger partial charge in [0.15, 0.2) is 0 Å². The smallest absolute Gasteiger partial charge is 1.00 e. The number of hydrogen-bond donors (Lipinski definition) is 4. The molecular formula is C16H32F2Hf2N4O4. The minimum atomic E-state index is -1.39. The van der Waals surface area contributed by atoms with Crippen LogP contribution in [0.4, 0.5) is 0 Å². The molecule has 0 aliphatic rings. The van der Waals surface area contributed by atoms with Gasteiger partial charge in [-0.3, -0.25) is 0 Å². The second-order valence-electron chi connectivity index (χ2n) is 5.44. The van der Waals surface area contributed by atoms with Crippen LogP contribution in [-0.4, -0.2) is 23.6 Å². The van der Waals surface area contributed by atoms with Crippen molar-refractivity contribution in [2.75, 3.05) is 0 Å². The molecule has 8 nitrogen and oxygen atoms in total. The molecule has 0 heterocycles.